The van der Waals surface area contributed by atoms with Gasteiger partial charge in [0.1, 0.15) is 0 Å². The molecule has 1 fully saturated rings. The lowest BCUT2D eigenvalue weighted by molar-refractivity contribution is 0.305. The Morgan fingerprint density at radius 2 is 2.00 bits per heavy atom. The van der Waals surface area contributed by atoms with Crippen LogP contribution < -0.4 is 5.73 Å². The van der Waals surface area contributed by atoms with E-state index in [9.17, 15) is 0 Å². The van der Waals surface area contributed by atoms with Gasteiger partial charge in [0.05, 0.1) is 6.54 Å². The molecule has 0 atom stereocenters. The Bertz CT molecular complexity index is 415. The van der Waals surface area contributed by atoms with Crippen LogP contribution in [-0.4, -0.2) is 30.5 Å². The highest BCUT2D eigenvalue weighted by atomic mass is 32.1. The monoisotopic (exact) mass is 293 g/mol. The molecule has 4 heteroatoms. The average molecular weight is 293 g/mol. The van der Waals surface area contributed by atoms with E-state index in [1.165, 1.54) is 37.0 Å². The first-order chi connectivity index (χ1) is 9.72. The summed E-state index contributed by atoms with van der Waals surface area (Å²) in [5, 5.41) is 2.18. The predicted molar refractivity (Wildman–Crippen MR) is 88.5 cm³/mol. The fourth-order valence-electron chi connectivity index (χ4n) is 3.17. The smallest absolute Gasteiger partial charge is 0.191 e. The van der Waals surface area contributed by atoms with Gasteiger partial charge in [-0.1, -0.05) is 25.3 Å². The number of guanidine groups is 1. The second-order valence-corrected chi connectivity index (χ2v) is 6.61. The summed E-state index contributed by atoms with van der Waals surface area (Å²) in [5.74, 6) is 0.705. The van der Waals surface area contributed by atoms with Crippen molar-refractivity contribution >= 4 is 17.3 Å². The van der Waals surface area contributed by atoms with Gasteiger partial charge in [0.25, 0.3) is 0 Å². The molecule has 0 spiro atoms. The molecule has 0 radical (unpaired) electrons. The third kappa shape index (κ3) is 3.35. The van der Waals surface area contributed by atoms with Crippen LogP contribution in [0.4, 0.5) is 0 Å². The molecule has 0 aromatic carbocycles. The van der Waals surface area contributed by atoms with Crippen LogP contribution in [0.2, 0.25) is 0 Å². The number of hydrogen-bond acceptors (Lipinski definition) is 2. The highest BCUT2D eigenvalue weighted by molar-refractivity contribution is 7.10. The van der Waals surface area contributed by atoms with Crippen LogP contribution in [0.15, 0.2) is 22.5 Å². The maximum absolute atomic E-state index is 6.15. The fourth-order valence-corrected chi connectivity index (χ4v) is 4.15. The molecule has 1 aromatic rings. The van der Waals surface area contributed by atoms with Gasteiger partial charge >= 0.3 is 0 Å². The molecule has 3 nitrogen and oxygen atoms in total. The Balaban J connectivity index is 2.15. The molecule has 1 aliphatic rings. The second-order valence-electron chi connectivity index (χ2n) is 5.67. The molecular weight excluding hydrogens is 266 g/mol. The first-order valence-electron chi connectivity index (χ1n) is 7.80. The SMILES string of the molecule is CCN(CC)C(N)=NCC1(c2cccs2)CCCCC1. The predicted octanol–water partition coefficient (Wildman–Crippen LogP) is 3.61. The third-order valence-corrected chi connectivity index (χ3v) is 5.60. The lowest BCUT2D eigenvalue weighted by atomic mass is 9.73. The second kappa shape index (κ2) is 7.11. The molecule has 112 valence electrons. The normalized spacial score (nSPS) is 19.0. The fraction of sp³-hybridized carbons (Fsp3) is 0.688. The maximum Gasteiger partial charge on any atom is 0.191 e. The first-order valence-corrected chi connectivity index (χ1v) is 8.68. The summed E-state index contributed by atoms with van der Waals surface area (Å²) >= 11 is 1.88. The quantitative estimate of drug-likeness (QED) is 0.665. The van der Waals surface area contributed by atoms with Crippen LogP contribution in [0.5, 0.6) is 0 Å². The van der Waals surface area contributed by atoms with Gasteiger partial charge in [0.2, 0.25) is 0 Å². The van der Waals surface area contributed by atoms with Gasteiger partial charge in [-0.05, 0) is 38.1 Å². The lowest BCUT2D eigenvalue weighted by Crippen LogP contribution is -2.39. The maximum atomic E-state index is 6.15. The zero-order valence-electron chi connectivity index (χ0n) is 12.8. The van der Waals surface area contributed by atoms with E-state index in [2.05, 4.69) is 36.3 Å². The Morgan fingerprint density at radius 1 is 1.30 bits per heavy atom. The molecule has 1 saturated carbocycles. The molecule has 0 amide bonds. The van der Waals surface area contributed by atoms with Crippen molar-refractivity contribution in [1.29, 1.82) is 0 Å². The minimum atomic E-state index is 0.240. The Hall–Kier alpha value is -1.03. The van der Waals surface area contributed by atoms with Crippen molar-refractivity contribution in [1.82, 2.24) is 4.90 Å². The highest BCUT2D eigenvalue weighted by Gasteiger charge is 2.34. The van der Waals surface area contributed by atoms with E-state index in [4.69, 9.17) is 10.7 Å². The van der Waals surface area contributed by atoms with E-state index in [0.29, 0.717) is 5.96 Å². The first kappa shape index (κ1) is 15.4. The highest BCUT2D eigenvalue weighted by Crippen LogP contribution is 2.41. The van der Waals surface area contributed by atoms with Gasteiger partial charge in [0.15, 0.2) is 5.96 Å². The van der Waals surface area contributed by atoms with Crippen molar-refractivity contribution < 1.29 is 0 Å². The van der Waals surface area contributed by atoms with Crippen molar-refractivity contribution in [2.45, 2.75) is 51.4 Å². The molecule has 0 saturated heterocycles. The number of hydrogen-bond donors (Lipinski definition) is 1. The largest absolute Gasteiger partial charge is 0.370 e. The van der Waals surface area contributed by atoms with E-state index in [1.807, 2.05) is 11.3 Å². The minimum Gasteiger partial charge on any atom is -0.370 e. The van der Waals surface area contributed by atoms with Crippen molar-refractivity contribution in [2.24, 2.45) is 10.7 Å². The Labute approximate surface area is 126 Å². The average Bonchev–Trinajstić information content (AvgIpc) is 3.02. The van der Waals surface area contributed by atoms with Crippen molar-refractivity contribution in [2.75, 3.05) is 19.6 Å². The lowest BCUT2D eigenvalue weighted by Gasteiger charge is -2.35. The molecule has 2 rings (SSSR count). The zero-order chi connectivity index (χ0) is 14.4. The summed E-state index contributed by atoms with van der Waals surface area (Å²) in [7, 11) is 0. The van der Waals surface area contributed by atoms with Crippen LogP contribution >= 0.6 is 11.3 Å². The van der Waals surface area contributed by atoms with Gasteiger partial charge in [-0.25, -0.2) is 0 Å². The summed E-state index contributed by atoms with van der Waals surface area (Å²) in [6.45, 7) is 6.95. The summed E-state index contributed by atoms with van der Waals surface area (Å²) in [4.78, 5) is 8.37. The van der Waals surface area contributed by atoms with Gasteiger partial charge in [-0.2, -0.15) is 0 Å². The van der Waals surface area contributed by atoms with Crippen LogP contribution in [-0.2, 0) is 5.41 Å². The number of nitrogens with two attached hydrogens (primary N) is 1. The standard InChI is InChI=1S/C16H27N3S/c1-3-19(4-2)15(17)18-13-16(10-6-5-7-11-16)14-9-8-12-20-14/h8-9,12H,3-7,10-11,13H2,1-2H3,(H2,17,18). The van der Waals surface area contributed by atoms with Gasteiger partial charge in [-0.15, -0.1) is 11.3 Å². The summed E-state index contributed by atoms with van der Waals surface area (Å²) < 4.78 is 0. The molecule has 1 heterocycles. The van der Waals surface area contributed by atoms with Gasteiger partial charge in [-0.3, -0.25) is 4.99 Å². The van der Waals surface area contributed by atoms with E-state index in [1.54, 1.807) is 0 Å². The Morgan fingerprint density at radius 3 is 2.55 bits per heavy atom. The van der Waals surface area contributed by atoms with Crippen molar-refractivity contribution in [3.8, 4) is 0 Å². The summed E-state index contributed by atoms with van der Waals surface area (Å²) in [6, 6.07) is 4.44. The van der Waals surface area contributed by atoms with Gasteiger partial charge < -0.3 is 10.6 Å². The van der Waals surface area contributed by atoms with E-state index in [0.717, 1.165) is 19.6 Å². The van der Waals surface area contributed by atoms with E-state index in [-0.39, 0.29) is 5.41 Å². The van der Waals surface area contributed by atoms with E-state index < -0.39 is 0 Å². The van der Waals surface area contributed by atoms with Crippen LogP contribution in [0, 0.1) is 0 Å². The number of rotatable bonds is 5. The van der Waals surface area contributed by atoms with E-state index >= 15 is 0 Å². The molecule has 1 aliphatic carbocycles. The van der Waals surface area contributed by atoms with Crippen LogP contribution in [0.3, 0.4) is 0 Å². The molecule has 0 bridgehead atoms. The van der Waals surface area contributed by atoms with Crippen LogP contribution in [0.1, 0.15) is 50.8 Å². The topological polar surface area (TPSA) is 41.6 Å². The number of aliphatic imine (C=N–C) groups is 1. The number of thiophene rings is 1. The van der Waals surface area contributed by atoms with Gasteiger partial charge in [0, 0.05) is 23.4 Å². The summed E-state index contributed by atoms with van der Waals surface area (Å²) in [6.07, 6.45) is 6.50. The third-order valence-electron chi connectivity index (χ3n) is 4.49. The van der Waals surface area contributed by atoms with Crippen molar-refractivity contribution in [3.63, 3.8) is 0 Å². The number of nitrogens with zero attached hydrogens (tertiary/aromatic N) is 2. The van der Waals surface area contributed by atoms with Crippen molar-refractivity contribution in [3.05, 3.63) is 22.4 Å². The van der Waals surface area contributed by atoms with Crippen LogP contribution in [0.25, 0.3) is 0 Å². The summed E-state index contributed by atoms with van der Waals surface area (Å²) in [5.41, 5.74) is 6.39. The minimum absolute atomic E-state index is 0.240. The molecule has 0 unspecified atom stereocenters. The molecule has 0 aliphatic heterocycles. The zero-order valence-corrected chi connectivity index (χ0v) is 13.6. The Kier molecular flexibility index (Phi) is 5.46. The molecule has 1 aromatic heterocycles. The molecule has 20 heavy (non-hydrogen) atoms. The molecular formula is C16H27N3S. The molecule has 2 N–H and O–H groups in total.